The maximum Gasteiger partial charge on any atom is 0.193 e. The van der Waals surface area contributed by atoms with Gasteiger partial charge in [0.25, 0.3) is 0 Å². The van der Waals surface area contributed by atoms with E-state index in [9.17, 15) is 0 Å². The molecule has 0 saturated carbocycles. The first kappa shape index (κ1) is 15.8. The van der Waals surface area contributed by atoms with Gasteiger partial charge >= 0.3 is 0 Å². The van der Waals surface area contributed by atoms with Gasteiger partial charge in [-0.2, -0.15) is 0 Å². The van der Waals surface area contributed by atoms with Crippen LogP contribution in [0.15, 0.2) is 51.9 Å². The second-order valence-corrected chi connectivity index (χ2v) is 7.45. The second-order valence-electron chi connectivity index (χ2n) is 6.14. The van der Waals surface area contributed by atoms with Crippen LogP contribution >= 0.6 is 28.1 Å². The van der Waals surface area contributed by atoms with Crippen molar-refractivity contribution in [2.24, 2.45) is 10.9 Å². The maximum absolute atomic E-state index is 5.43. The Morgan fingerprint density at radius 2 is 2.00 bits per heavy atom. The Labute approximate surface area is 155 Å². The summed E-state index contributed by atoms with van der Waals surface area (Å²) in [5, 5.41) is 3.97. The molecule has 0 radical (unpaired) electrons. The van der Waals surface area contributed by atoms with Crippen LogP contribution in [0, 0.1) is 5.92 Å². The van der Waals surface area contributed by atoms with Gasteiger partial charge in [-0.15, -0.1) is 0 Å². The average molecular weight is 401 g/mol. The van der Waals surface area contributed by atoms with Crippen molar-refractivity contribution in [3.8, 4) is 5.75 Å². The van der Waals surface area contributed by atoms with Crippen LogP contribution in [0.1, 0.15) is 29.2 Å². The fourth-order valence-corrected chi connectivity index (χ4v) is 4.10. The van der Waals surface area contributed by atoms with Gasteiger partial charge in [0, 0.05) is 16.0 Å². The van der Waals surface area contributed by atoms with Crippen LogP contribution in [-0.2, 0) is 6.42 Å². The highest BCUT2D eigenvalue weighted by molar-refractivity contribution is 9.10. The average Bonchev–Trinajstić information content (AvgIpc) is 2.61. The molecule has 1 aliphatic carbocycles. The van der Waals surface area contributed by atoms with Gasteiger partial charge in [-0.3, -0.25) is 0 Å². The predicted molar refractivity (Wildman–Crippen MR) is 104 cm³/mol. The smallest absolute Gasteiger partial charge is 0.193 e. The minimum absolute atomic E-state index is 0.164. The molecular formula is C19H17BrN2OS. The highest BCUT2D eigenvalue weighted by Crippen LogP contribution is 2.38. The largest absolute Gasteiger partial charge is 0.497 e. The lowest BCUT2D eigenvalue weighted by molar-refractivity contribution is 0.413. The highest BCUT2D eigenvalue weighted by atomic mass is 79.9. The molecular weight excluding hydrogens is 384 g/mol. The zero-order valence-electron chi connectivity index (χ0n) is 13.3. The summed E-state index contributed by atoms with van der Waals surface area (Å²) in [6.07, 6.45) is 2.11. The molecule has 122 valence electrons. The minimum Gasteiger partial charge on any atom is -0.497 e. The number of aliphatic imine (C=N–C) groups is 1. The third-order valence-electron chi connectivity index (χ3n) is 4.80. The van der Waals surface area contributed by atoms with Gasteiger partial charge in [-0.25, -0.2) is 4.99 Å². The number of fused-ring (bicyclic) bond motifs is 3. The summed E-state index contributed by atoms with van der Waals surface area (Å²) >= 11 is 8.93. The molecule has 2 unspecified atom stereocenters. The van der Waals surface area contributed by atoms with E-state index in [4.69, 9.17) is 17.0 Å². The number of hydrogen-bond donors (Lipinski definition) is 1. The Balaban J connectivity index is 1.78. The van der Waals surface area contributed by atoms with E-state index >= 15 is 0 Å². The number of methoxy groups -OCH3 is 1. The number of rotatable bonds is 2. The normalized spacial score (nSPS) is 22.1. The molecule has 3 nitrogen and oxygen atoms in total. The van der Waals surface area contributed by atoms with E-state index in [0.717, 1.165) is 28.8 Å². The van der Waals surface area contributed by atoms with Gasteiger partial charge in [0.2, 0.25) is 0 Å². The zero-order valence-corrected chi connectivity index (χ0v) is 15.7. The van der Waals surface area contributed by atoms with Gasteiger partial charge < -0.3 is 10.1 Å². The molecule has 24 heavy (non-hydrogen) atoms. The van der Waals surface area contributed by atoms with E-state index in [-0.39, 0.29) is 6.04 Å². The Morgan fingerprint density at radius 3 is 2.75 bits per heavy atom. The van der Waals surface area contributed by atoms with Gasteiger partial charge in [-0.1, -0.05) is 34.1 Å². The number of halogens is 1. The molecule has 0 spiro atoms. The van der Waals surface area contributed by atoms with Gasteiger partial charge in [0.05, 0.1) is 18.9 Å². The van der Waals surface area contributed by atoms with E-state index in [0.29, 0.717) is 11.0 Å². The standard InChI is InChI=1S/C19H17BrN2OS/c1-23-14-8-4-11-5-9-15-17(12-2-6-13(20)7-3-12)21-19(24)22-18(15)16(11)10-14/h2-4,6-8,10,15,17H,5,9H2,1H3,(H,21,24). The molecule has 5 heteroatoms. The molecule has 0 bridgehead atoms. The second kappa shape index (κ2) is 6.30. The van der Waals surface area contributed by atoms with Crippen LogP contribution in [0.5, 0.6) is 5.75 Å². The van der Waals surface area contributed by atoms with Crippen molar-refractivity contribution in [1.82, 2.24) is 5.32 Å². The molecule has 1 heterocycles. The number of nitrogens with zero attached hydrogens (tertiary/aromatic N) is 1. The highest BCUT2D eigenvalue weighted by Gasteiger charge is 2.36. The summed E-state index contributed by atoms with van der Waals surface area (Å²) in [6.45, 7) is 0. The zero-order chi connectivity index (χ0) is 16.7. The molecule has 0 amide bonds. The molecule has 4 rings (SSSR count). The molecule has 2 aromatic carbocycles. The first-order chi connectivity index (χ1) is 11.7. The van der Waals surface area contributed by atoms with E-state index < -0.39 is 0 Å². The number of benzene rings is 2. The third kappa shape index (κ3) is 2.76. The summed E-state index contributed by atoms with van der Waals surface area (Å²) in [5.74, 6) is 1.18. The number of nitrogens with one attached hydrogen (secondary N) is 1. The van der Waals surface area contributed by atoms with Gasteiger partial charge in [0.1, 0.15) is 5.75 Å². The predicted octanol–water partition coefficient (Wildman–Crippen LogP) is 4.44. The maximum atomic E-state index is 5.43. The van der Waals surface area contributed by atoms with Crippen LogP contribution in [0.3, 0.4) is 0 Å². The van der Waals surface area contributed by atoms with Crippen LogP contribution in [0.4, 0.5) is 0 Å². The summed E-state index contributed by atoms with van der Waals surface area (Å²) < 4.78 is 6.48. The number of thiocarbonyl (C=S) groups is 1. The summed E-state index contributed by atoms with van der Waals surface area (Å²) in [4.78, 5) is 4.69. The lowest BCUT2D eigenvalue weighted by Crippen LogP contribution is -2.43. The molecule has 2 aromatic rings. The number of ether oxygens (including phenoxy) is 1. The van der Waals surface area contributed by atoms with Crippen LogP contribution in [0.2, 0.25) is 0 Å². The third-order valence-corrected chi connectivity index (χ3v) is 5.54. The SMILES string of the molecule is COc1ccc2c(c1)C1=NC(=S)NC(c3ccc(Br)cc3)C1CC2. The fourth-order valence-electron chi connectivity index (χ4n) is 3.62. The number of aryl methyl sites for hydroxylation is 1. The quantitative estimate of drug-likeness (QED) is 0.756. The van der Waals surface area contributed by atoms with E-state index in [1.54, 1.807) is 7.11 Å². The van der Waals surface area contributed by atoms with Crippen molar-refractivity contribution in [3.05, 3.63) is 63.6 Å². The monoisotopic (exact) mass is 400 g/mol. The van der Waals surface area contributed by atoms with E-state index in [1.165, 1.54) is 16.7 Å². The summed E-state index contributed by atoms with van der Waals surface area (Å²) in [5.41, 5.74) is 4.83. The Hall–Kier alpha value is -1.72. The van der Waals surface area contributed by atoms with E-state index in [2.05, 4.69) is 62.6 Å². The van der Waals surface area contributed by atoms with Crippen molar-refractivity contribution < 1.29 is 4.74 Å². The van der Waals surface area contributed by atoms with Crippen molar-refractivity contribution >= 4 is 39.0 Å². The molecule has 0 fully saturated rings. The minimum atomic E-state index is 0.164. The summed E-state index contributed by atoms with van der Waals surface area (Å²) in [7, 11) is 1.70. The molecule has 2 atom stereocenters. The van der Waals surface area contributed by atoms with Gasteiger partial charge in [-0.05, 0) is 60.5 Å². The van der Waals surface area contributed by atoms with Crippen LogP contribution in [0.25, 0.3) is 0 Å². The molecule has 1 aliphatic heterocycles. The Bertz CT molecular complexity index is 832. The summed E-state index contributed by atoms with van der Waals surface area (Å²) in [6, 6.07) is 14.9. The fraction of sp³-hybridized carbons (Fsp3) is 0.263. The lowest BCUT2D eigenvalue weighted by Gasteiger charge is -2.37. The first-order valence-corrected chi connectivity index (χ1v) is 9.17. The number of hydrogen-bond acceptors (Lipinski definition) is 2. The van der Waals surface area contributed by atoms with E-state index in [1.807, 2.05) is 6.07 Å². The molecule has 0 aromatic heterocycles. The van der Waals surface area contributed by atoms with Crippen molar-refractivity contribution in [1.29, 1.82) is 0 Å². The topological polar surface area (TPSA) is 33.6 Å². The Morgan fingerprint density at radius 1 is 1.21 bits per heavy atom. The van der Waals surface area contributed by atoms with Crippen molar-refractivity contribution in [2.45, 2.75) is 18.9 Å². The van der Waals surface area contributed by atoms with Crippen LogP contribution < -0.4 is 10.1 Å². The lowest BCUT2D eigenvalue weighted by atomic mass is 9.75. The van der Waals surface area contributed by atoms with Crippen LogP contribution in [-0.4, -0.2) is 17.9 Å². The molecule has 0 saturated heterocycles. The van der Waals surface area contributed by atoms with Gasteiger partial charge in [0.15, 0.2) is 5.11 Å². The molecule has 1 N–H and O–H groups in total. The van der Waals surface area contributed by atoms with Crippen molar-refractivity contribution in [2.75, 3.05) is 7.11 Å². The Kier molecular flexibility index (Phi) is 4.14. The molecule has 2 aliphatic rings. The first-order valence-electron chi connectivity index (χ1n) is 7.97. The van der Waals surface area contributed by atoms with Crippen molar-refractivity contribution in [3.63, 3.8) is 0 Å².